The molecule has 0 aliphatic rings. The highest BCUT2D eigenvalue weighted by atomic mass is 19.4. The molecule has 0 radical (unpaired) electrons. The highest BCUT2D eigenvalue weighted by Crippen LogP contribution is 2.30. The van der Waals surface area contributed by atoms with Crippen LogP contribution in [0.2, 0.25) is 0 Å². The van der Waals surface area contributed by atoms with Gasteiger partial charge in [0.15, 0.2) is 5.69 Å². The van der Waals surface area contributed by atoms with Crippen LogP contribution in [-0.4, -0.2) is 50.6 Å². The van der Waals surface area contributed by atoms with Gasteiger partial charge in [-0.2, -0.15) is 18.2 Å². The first kappa shape index (κ1) is 17.4. The Morgan fingerprint density at radius 3 is 2.52 bits per heavy atom. The molecule has 0 bridgehead atoms. The molecule has 0 atom stereocenters. The van der Waals surface area contributed by atoms with Crippen molar-refractivity contribution in [3.8, 4) is 5.88 Å². The van der Waals surface area contributed by atoms with E-state index in [0.29, 0.717) is 26.2 Å². The molecule has 0 unspecified atom stereocenters. The first-order valence-corrected chi connectivity index (χ1v) is 6.31. The second kappa shape index (κ2) is 8.63. The SMILES string of the molecule is CNc1nc(OCCCOCCOC)cc(C(F)(F)F)n1. The van der Waals surface area contributed by atoms with Gasteiger partial charge >= 0.3 is 6.18 Å². The maximum Gasteiger partial charge on any atom is 0.433 e. The van der Waals surface area contributed by atoms with Crippen molar-refractivity contribution >= 4 is 5.95 Å². The number of hydrogen-bond acceptors (Lipinski definition) is 6. The number of nitrogens with zero attached hydrogens (tertiary/aromatic N) is 2. The number of hydrogen-bond donors (Lipinski definition) is 1. The van der Waals surface area contributed by atoms with E-state index in [2.05, 4.69) is 15.3 Å². The quantitative estimate of drug-likeness (QED) is 0.704. The zero-order chi connectivity index (χ0) is 15.7. The molecular weight excluding hydrogens is 291 g/mol. The molecule has 1 heterocycles. The Hall–Kier alpha value is -1.61. The number of halogens is 3. The third-order valence-corrected chi connectivity index (χ3v) is 2.33. The molecule has 1 aromatic heterocycles. The van der Waals surface area contributed by atoms with Crippen LogP contribution in [0.1, 0.15) is 12.1 Å². The number of anilines is 1. The highest BCUT2D eigenvalue weighted by molar-refractivity contribution is 5.31. The van der Waals surface area contributed by atoms with Crippen molar-refractivity contribution in [3.63, 3.8) is 0 Å². The fourth-order valence-corrected chi connectivity index (χ4v) is 1.34. The second-order valence-electron chi connectivity index (χ2n) is 3.97. The molecular formula is C12H18F3N3O3. The fourth-order valence-electron chi connectivity index (χ4n) is 1.34. The van der Waals surface area contributed by atoms with Crippen molar-refractivity contribution in [2.45, 2.75) is 12.6 Å². The van der Waals surface area contributed by atoms with Crippen LogP contribution in [0.4, 0.5) is 19.1 Å². The summed E-state index contributed by atoms with van der Waals surface area (Å²) < 4.78 is 53.1. The Bertz CT molecular complexity index is 430. The zero-order valence-corrected chi connectivity index (χ0v) is 11.9. The van der Waals surface area contributed by atoms with Gasteiger partial charge in [-0.1, -0.05) is 0 Å². The molecule has 1 aromatic rings. The lowest BCUT2D eigenvalue weighted by Gasteiger charge is -2.11. The maximum atomic E-state index is 12.6. The van der Waals surface area contributed by atoms with Gasteiger partial charge in [-0.25, -0.2) is 4.98 Å². The van der Waals surface area contributed by atoms with Crippen LogP contribution >= 0.6 is 0 Å². The predicted molar refractivity (Wildman–Crippen MR) is 69.4 cm³/mol. The summed E-state index contributed by atoms with van der Waals surface area (Å²) in [5.41, 5.74) is -1.05. The van der Waals surface area contributed by atoms with Gasteiger partial charge < -0.3 is 19.5 Å². The molecule has 0 aliphatic carbocycles. The largest absolute Gasteiger partial charge is 0.477 e. The zero-order valence-electron chi connectivity index (χ0n) is 11.9. The smallest absolute Gasteiger partial charge is 0.433 e. The van der Waals surface area contributed by atoms with E-state index in [0.717, 1.165) is 6.07 Å². The lowest BCUT2D eigenvalue weighted by molar-refractivity contribution is -0.141. The summed E-state index contributed by atoms with van der Waals surface area (Å²) in [5, 5.41) is 2.46. The van der Waals surface area contributed by atoms with Gasteiger partial charge in [-0.3, -0.25) is 0 Å². The average Bonchev–Trinajstić information content (AvgIpc) is 2.45. The van der Waals surface area contributed by atoms with Crippen molar-refractivity contribution in [2.75, 3.05) is 45.9 Å². The Morgan fingerprint density at radius 2 is 1.90 bits per heavy atom. The summed E-state index contributed by atoms with van der Waals surface area (Å²) >= 11 is 0. The monoisotopic (exact) mass is 309 g/mol. The van der Waals surface area contributed by atoms with Crippen LogP contribution < -0.4 is 10.1 Å². The normalized spacial score (nSPS) is 11.5. The van der Waals surface area contributed by atoms with Gasteiger partial charge in [0.2, 0.25) is 11.8 Å². The summed E-state index contributed by atoms with van der Waals surface area (Å²) in [6.45, 7) is 1.59. The van der Waals surface area contributed by atoms with Gasteiger partial charge in [0.1, 0.15) is 0 Å². The summed E-state index contributed by atoms with van der Waals surface area (Å²) in [6, 6.07) is 0.770. The summed E-state index contributed by atoms with van der Waals surface area (Å²) in [6.07, 6.45) is -4.01. The lowest BCUT2D eigenvalue weighted by atomic mass is 10.4. The van der Waals surface area contributed by atoms with Gasteiger partial charge in [0.05, 0.1) is 19.8 Å². The number of ether oxygens (including phenoxy) is 3. The first-order chi connectivity index (χ1) is 9.97. The van der Waals surface area contributed by atoms with Crippen molar-refractivity contribution in [1.29, 1.82) is 0 Å². The van der Waals surface area contributed by atoms with Crippen molar-refractivity contribution in [2.24, 2.45) is 0 Å². The molecule has 1 rings (SSSR count). The third-order valence-electron chi connectivity index (χ3n) is 2.33. The third kappa shape index (κ3) is 6.58. The highest BCUT2D eigenvalue weighted by Gasteiger charge is 2.33. The van der Waals surface area contributed by atoms with E-state index < -0.39 is 11.9 Å². The number of methoxy groups -OCH3 is 1. The molecule has 0 aliphatic heterocycles. The number of nitrogens with one attached hydrogen (secondary N) is 1. The number of rotatable bonds is 9. The Balaban J connectivity index is 2.47. The van der Waals surface area contributed by atoms with Gasteiger partial charge in [0, 0.05) is 33.3 Å². The van der Waals surface area contributed by atoms with Crippen molar-refractivity contribution in [1.82, 2.24) is 9.97 Å². The molecule has 6 nitrogen and oxygen atoms in total. The molecule has 21 heavy (non-hydrogen) atoms. The topological polar surface area (TPSA) is 65.5 Å². The standard InChI is InChI=1S/C12H18F3N3O3/c1-16-11-17-9(12(13,14)15)8-10(18-11)21-5-3-4-20-7-6-19-2/h8H,3-7H2,1-2H3,(H,16,17,18). The number of alkyl halides is 3. The van der Waals surface area contributed by atoms with Crippen LogP contribution in [0.5, 0.6) is 5.88 Å². The minimum Gasteiger partial charge on any atom is -0.477 e. The molecule has 120 valence electrons. The molecule has 0 saturated carbocycles. The fraction of sp³-hybridized carbons (Fsp3) is 0.667. The Morgan fingerprint density at radius 1 is 1.14 bits per heavy atom. The molecule has 0 aromatic carbocycles. The lowest BCUT2D eigenvalue weighted by Crippen LogP contribution is -2.12. The molecule has 0 spiro atoms. The maximum absolute atomic E-state index is 12.6. The minimum atomic E-state index is -4.55. The number of aromatic nitrogens is 2. The summed E-state index contributed by atoms with van der Waals surface area (Å²) in [5.74, 6) is -0.269. The van der Waals surface area contributed by atoms with E-state index in [1.54, 1.807) is 7.11 Å². The van der Waals surface area contributed by atoms with Crippen LogP contribution in [0, 0.1) is 0 Å². The van der Waals surface area contributed by atoms with E-state index in [1.807, 2.05) is 0 Å². The summed E-state index contributed by atoms with van der Waals surface area (Å²) in [7, 11) is 3.00. The van der Waals surface area contributed by atoms with Gasteiger partial charge in [-0.05, 0) is 0 Å². The van der Waals surface area contributed by atoms with E-state index in [9.17, 15) is 13.2 Å². The van der Waals surface area contributed by atoms with E-state index in [-0.39, 0.29) is 18.4 Å². The van der Waals surface area contributed by atoms with Crippen LogP contribution in [0.15, 0.2) is 6.07 Å². The van der Waals surface area contributed by atoms with Crippen LogP contribution in [0.3, 0.4) is 0 Å². The van der Waals surface area contributed by atoms with Crippen molar-refractivity contribution < 1.29 is 27.4 Å². The molecule has 0 amide bonds. The van der Waals surface area contributed by atoms with Crippen molar-refractivity contribution in [3.05, 3.63) is 11.8 Å². The van der Waals surface area contributed by atoms with E-state index in [1.165, 1.54) is 7.05 Å². The van der Waals surface area contributed by atoms with Crippen LogP contribution in [0.25, 0.3) is 0 Å². The van der Waals surface area contributed by atoms with E-state index in [4.69, 9.17) is 14.2 Å². The second-order valence-corrected chi connectivity index (χ2v) is 3.97. The average molecular weight is 309 g/mol. The van der Waals surface area contributed by atoms with Crippen LogP contribution in [-0.2, 0) is 15.7 Å². The van der Waals surface area contributed by atoms with Gasteiger partial charge in [-0.15, -0.1) is 0 Å². The van der Waals surface area contributed by atoms with Gasteiger partial charge in [0.25, 0.3) is 0 Å². The first-order valence-electron chi connectivity index (χ1n) is 6.31. The molecule has 1 N–H and O–H groups in total. The molecule has 9 heteroatoms. The Labute approximate surface area is 120 Å². The minimum absolute atomic E-state index is 0.126. The molecule has 0 saturated heterocycles. The predicted octanol–water partition coefficient (Wildman–Crippen LogP) is 1.97. The molecule has 0 fully saturated rings. The summed E-state index contributed by atoms with van der Waals surface area (Å²) in [4.78, 5) is 7.14. The Kier molecular flexibility index (Phi) is 7.17. The van der Waals surface area contributed by atoms with E-state index >= 15 is 0 Å².